The molecule has 316 valence electrons. The molecule has 3 aliphatic heterocycles. The van der Waals surface area contributed by atoms with Crippen molar-refractivity contribution in [3.05, 3.63) is 224 Å². The summed E-state index contributed by atoms with van der Waals surface area (Å²) in [5.41, 5.74) is 16.7. The van der Waals surface area contributed by atoms with Crippen LogP contribution in [0.5, 0.6) is 0 Å². The van der Waals surface area contributed by atoms with E-state index in [1.807, 2.05) is 0 Å². The SMILES string of the molecule is CC(C)(C)c1ccc(N2c3cc4ccccc4c4c3B(c3ccc5oc6ccccc6c5c32)N2c3ccccc3[Si](c3ccccc3)(c3ccccc3)c3cccc-4c32)c(-c2ccccc2)c1. The molecule has 0 spiro atoms. The summed E-state index contributed by atoms with van der Waals surface area (Å²) in [6.07, 6.45) is 0. The molecule has 11 aromatic rings. The summed E-state index contributed by atoms with van der Waals surface area (Å²) in [6, 6.07) is 82.3. The van der Waals surface area contributed by atoms with E-state index in [4.69, 9.17) is 4.42 Å². The molecule has 0 aliphatic carbocycles. The molecule has 0 bridgehead atoms. The van der Waals surface area contributed by atoms with Gasteiger partial charge in [0.2, 0.25) is 0 Å². The Morgan fingerprint density at radius 3 is 1.90 bits per heavy atom. The zero-order valence-corrected chi connectivity index (χ0v) is 38.7. The van der Waals surface area contributed by atoms with E-state index in [-0.39, 0.29) is 12.3 Å². The number of hydrogen-bond acceptors (Lipinski definition) is 3. The van der Waals surface area contributed by atoms with Crippen molar-refractivity contribution in [1.29, 1.82) is 0 Å². The van der Waals surface area contributed by atoms with Gasteiger partial charge in [0.25, 0.3) is 0 Å². The van der Waals surface area contributed by atoms with Gasteiger partial charge in [-0.25, -0.2) is 0 Å². The van der Waals surface area contributed by atoms with Gasteiger partial charge in [0.15, 0.2) is 8.07 Å². The van der Waals surface area contributed by atoms with Crippen molar-refractivity contribution < 1.29 is 4.42 Å². The minimum Gasteiger partial charge on any atom is -0.456 e. The smallest absolute Gasteiger partial charge is 0.333 e. The number of hydrogen-bond donors (Lipinski definition) is 0. The number of benzene rings is 10. The van der Waals surface area contributed by atoms with Crippen molar-refractivity contribution in [3.8, 4) is 22.3 Å². The zero-order valence-electron chi connectivity index (χ0n) is 37.7. The maximum Gasteiger partial charge on any atom is 0.333 e. The minimum atomic E-state index is -2.92. The molecule has 14 rings (SSSR count). The molecule has 0 unspecified atom stereocenters. The summed E-state index contributed by atoms with van der Waals surface area (Å²) in [5.74, 6) is 0. The van der Waals surface area contributed by atoms with Crippen LogP contribution in [0.25, 0.3) is 55.0 Å². The van der Waals surface area contributed by atoms with Crippen LogP contribution in [-0.4, -0.2) is 14.9 Å². The van der Waals surface area contributed by atoms with Gasteiger partial charge in [0, 0.05) is 33.6 Å². The fourth-order valence-electron chi connectivity index (χ4n) is 12.2. The molecule has 4 heterocycles. The lowest BCUT2D eigenvalue weighted by molar-refractivity contribution is 0.590. The summed E-state index contributed by atoms with van der Waals surface area (Å²) in [6.45, 7) is 6.77. The quantitative estimate of drug-likeness (QED) is 0.164. The van der Waals surface area contributed by atoms with Gasteiger partial charge in [-0.15, -0.1) is 0 Å². The number of para-hydroxylation sites is 3. The van der Waals surface area contributed by atoms with Crippen LogP contribution in [0.4, 0.5) is 28.4 Å². The summed E-state index contributed by atoms with van der Waals surface area (Å²) in [4.78, 5) is 5.37. The first-order valence-corrected chi connectivity index (χ1v) is 25.5. The Morgan fingerprint density at radius 2 is 1.13 bits per heavy atom. The Bertz CT molecular complexity index is 3780. The second-order valence-electron chi connectivity index (χ2n) is 19.5. The van der Waals surface area contributed by atoms with E-state index in [1.54, 1.807) is 0 Å². The zero-order chi connectivity index (χ0) is 44.6. The highest BCUT2D eigenvalue weighted by Gasteiger charge is 2.55. The lowest BCUT2D eigenvalue weighted by atomic mass is 9.43. The molecule has 0 amide bonds. The van der Waals surface area contributed by atoms with E-state index in [0.717, 1.165) is 27.6 Å². The summed E-state index contributed by atoms with van der Waals surface area (Å²) in [5, 5.41) is 10.3. The molecular formula is C62H45BN2OSi. The van der Waals surface area contributed by atoms with E-state index in [9.17, 15) is 0 Å². The first kappa shape index (κ1) is 38.4. The number of anilines is 5. The normalized spacial score (nSPS) is 14.2. The van der Waals surface area contributed by atoms with E-state index < -0.39 is 8.07 Å². The first-order valence-electron chi connectivity index (χ1n) is 23.5. The van der Waals surface area contributed by atoms with Crippen molar-refractivity contribution in [1.82, 2.24) is 0 Å². The van der Waals surface area contributed by atoms with Gasteiger partial charge < -0.3 is 14.1 Å². The fourth-order valence-corrected chi connectivity index (χ4v) is 17.4. The lowest BCUT2D eigenvalue weighted by Gasteiger charge is -2.52. The average Bonchev–Trinajstić information content (AvgIpc) is 3.76. The lowest BCUT2D eigenvalue weighted by Crippen LogP contribution is -2.79. The molecule has 1 aromatic heterocycles. The predicted molar refractivity (Wildman–Crippen MR) is 286 cm³/mol. The van der Waals surface area contributed by atoms with E-state index >= 15 is 0 Å². The topological polar surface area (TPSA) is 19.6 Å². The molecule has 3 nitrogen and oxygen atoms in total. The molecule has 3 aliphatic rings. The molecule has 5 heteroatoms. The summed E-state index contributed by atoms with van der Waals surface area (Å²) < 4.78 is 6.83. The van der Waals surface area contributed by atoms with E-state index in [2.05, 4.69) is 249 Å². The van der Waals surface area contributed by atoms with Crippen LogP contribution >= 0.6 is 0 Å². The largest absolute Gasteiger partial charge is 0.456 e. The number of rotatable bonds is 4. The molecule has 10 aromatic carbocycles. The third-order valence-electron chi connectivity index (χ3n) is 15.0. The van der Waals surface area contributed by atoms with Crippen LogP contribution in [0.15, 0.2) is 223 Å². The van der Waals surface area contributed by atoms with Crippen molar-refractivity contribution in [2.75, 3.05) is 9.71 Å². The fraction of sp³-hybridized carbons (Fsp3) is 0.0645. The summed E-state index contributed by atoms with van der Waals surface area (Å²) in [7, 11) is -2.92. The molecular weight excluding hydrogens is 828 g/mol. The van der Waals surface area contributed by atoms with Gasteiger partial charge in [0.05, 0.1) is 16.8 Å². The van der Waals surface area contributed by atoms with E-state index in [0.29, 0.717) is 0 Å². The third kappa shape index (κ3) is 5.23. The Labute approximate surface area is 392 Å². The molecule has 0 saturated carbocycles. The number of fused-ring (bicyclic) bond motifs is 12. The standard InChI is InChI=1S/C62H45BN2OSi/c1-62(2,3)42-34-36-50(48(39-42)40-20-7-4-8-21-40)64-52-38-41-22-13-14-27-45(41)57-47-29-19-33-56-60(47)65(63(59(52)57)49-35-37-54-58(61(49)64)46-28-15-17-31-53(46)66-54)51-30-16-18-32-55(51)67(56,43-23-9-5-10-24-43)44-25-11-6-12-26-44/h4-39H,1-3H3. The molecule has 0 radical (unpaired) electrons. The van der Waals surface area contributed by atoms with Gasteiger partial charge in [-0.05, 0) is 101 Å². The number of nitrogens with zero attached hydrogens (tertiary/aromatic N) is 2. The third-order valence-corrected chi connectivity index (χ3v) is 19.9. The maximum absolute atomic E-state index is 6.83. The van der Waals surface area contributed by atoms with Gasteiger partial charge in [-0.3, -0.25) is 0 Å². The highest BCUT2D eigenvalue weighted by atomic mass is 28.3. The number of furan rings is 1. The predicted octanol–water partition coefficient (Wildman–Crippen LogP) is 12.1. The molecule has 0 fully saturated rings. The minimum absolute atomic E-state index is 0.0514. The Kier molecular flexibility index (Phi) is 8.07. The van der Waals surface area contributed by atoms with E-state index in [1.165, 1.54) is 93.0 Å². The molecule has 0 N–H and O–H groups in total. The molecule has 0 atom stereocenters. The highest BCUT2D eigenvalue weighted by Crippen LogP contribution is 2.53. The Morgan fingerprint density at radius 1 is 0.478 bits per heavy atom. The molecule has 67 heavy (non-hydrogen) atoms. The van der Waals surface area contributed by atoms with Crippen LogP contribution in [0.2, 0.25) is 0 Å². The van der Waals surface area contributed by atoms with Crippen LogP contribution in [0.3, 0.4) is 0 Å². The molecule has 0 saturated heterocycles. The van der Waals surface area contributed by atoms with Gasteiger partial charge in [-0.2, -0.15) is 0 Å². The Balaban J connectivity index is 1.19. The van der Waals surface area contributed by atoms with Gasteiger partial charge in [-0.1, -0.05) is 203 Å². The van der Waals surface area contributed by atoms with Gasteiger partial charge in [0.1, 0.15) is 11.2 Å². The van der Waals surface area contributed by atoms with Crippen LogP contribution in [0.1, 0.15) is 26.3 Å². The second kappa shape index (κ2) is 14.1. The average molecular weight is 873 g/mol. The second-order valence-corrected chi connectivity index (χ2v) is 23.3. The Hall–Kier alpha value is -7.86. The summed E-state index contributed by atoms with van der Waals surface area (Å²) >= 11 is 0. The van der Waals surface area contributed by atoms with Crippen LogP contribution in [0, 0.1) is 0 Å². The monoisotopic (exact) mass is 872 g/mol. The maximum atomic E-state index is 6.83. The van der Waals surface area contributed by atoms with Crippen LogP contribution in [-0.2, 0) is 5.41 Å². The van der Waals surface area contributed by atoms with Crippen molar-refractivity contribution >= 4 is 108 Å². The van der Waals surface area contributed by atoms with Crippen molar-refractivity contribution in [3.63, 3.8) is 0 Å². The van der Waals surface area contributed by atoms with Crippen molar-refractivity contribution in [2.45, 2.75) is 26.2 Å². The highest BCUT2D eigenvalue weighted by molar-refractivity contribution is 7.22. The van der Waals surface area contributed by atoms with Gasteiger partial charge >= 0.3 is 6.85 Å². The first-order chi connectivity index (χ1) is 32.9. The van der Waals surface area contributed by atoms with Crippen molar-refractivity contribution in [2.24, 2.45) is 0 Å². The van der Waals surface area contributed by atoms with Crippen LogP contribution < -0.4 is 41.4 Å².